The van der Waals surface area contributed by atoms with Gasteiger partial charge in [0.15, 0.2) is 0 Å². The van der Waals surface area contributed by atoms with E-state index in [4.69, 9.17) is 5.11 Å². The standard InChI is InChI=1S/C14H15NO3S/c16-13-7-9(14(17)18)8-15(13)11-5-6-19-12-4-2-1-3-10(11)12/h1-4,9,11H,5-8H2,(H,17,18)/t9-,11-/m1/s1. The summed E-state index contributed by atoms with van der Waals surface area (Å²) >= 11 is 1.81. The molecule has 2 aliphatic heterocycles. The van der Waals surface area contributed by atoms with Gasteiger partial charge in [-0.1, -0.05) is 18.2 Å². The van der Waals surface area contributed by atoms with E-state index in [9.17, 15) is 9.59 Å². The molecule has 1 saturated heterocycles. The van der Waals surface area contributed by atoms with Crippen LogP contribution in [-0.4, -0.2) is 34.2 Å². The summed E-state index contributed by atoms with van der Waals surface area (Å²) in [6.07, 6.45) is 1.04. The van der Waals surface area contributed by atoms with Gasteiger partial charge in [0.05, 0.1) is 12.0 Å². The third-order valence-corrected chi connectivity index (χ3v) is 4.93. The summed E-state index contributed by atoms with van der Waals surface area (Å²) in [5.74, 6) is -0.467. The molecule has 2 aliphatic rings. The fraction of sp³-hybridized carbons (Fsp3) is 0.429. The molecule has 1 aromatic rings. The zero-order valence-electron chi connectivity index (χ0n) is 10.4. The predicted molar refractivity (Wildman–Crippen MR) is 72.0 cm³/mol. The third-order valence-electron chi connectivity index (χ3n) is 3.81. The maximum absolute atomic E-state index is 12.1. The molecule has 100 valence electrons. The highest BCUT2D eigenvalue weighted by Gasteiger charge is 2.39. The molecule has 2 heterocycles. The van der Waals surface area contributed by atoms with E-state index < -0.39 is 11.9 Å². The Kier molecular flexibility index (Phi) is 3.22. The summed E-state index contributed by atoms with van der Waals surface area (Å²) < 4.78 is 0. The van der Waals surface area contributed by atoms with Crippen molar-refractivity contribution >= 4 is 23.6 Å². The molecule has 0 radical (unpaired) electrons. The molecule has 0 unspecified atom stereocenters. The van der Waals surface area contributed by atoms with Crippen molar-refractivity contribution in [3.05, 3.63) is 29.8 Å². The zero-order valence-corrected chi connectivity index (χ0v) is 11.2. The van der Waals surface area contributed by atoms with E-state index in [0.29, 0.717) is 6.54 Å². The maximum atomic E-state index is 12.1. The Bertz CT molecular complexity index is 531. The molecule has 0 aromatic heterocycles. The Morgan fingerprint density at radius 3 is 2.89 bits per heavy atom. The van der Waals surface area contributed by atoms with Crippen LogP contribution in [0.15, 0.2) is 29.2 Å². The fourth-order valence-corrected chi connectivity index (χ4v) is 3.95. The molecule has 1 amide bonds. The van der Waals surface area contributed by atoms with Crippen molar-refractivity contribution < 1.29 is 14.7 Å². The van der Waals surface area contributed by atoms with Gasteiger partial charge in [-0.15, -0.1) is 11.8 Å². The minimum absolute atomic E-state index is 0.0286. The van der Waals surface area contributed by atoms with Crippen molar-refractivity contribution in [3.8, 4) is 0 Å². The first-order chi connectivity index (χ1) is 9.16. The first-order valence-corrected chi connectivity index (χ1v) is 7.39. The molecule has 0 bridgehead atoms. The number of hydrogen-bond donors (Lipinski definition) is 1. The van der Waals surface area contributed by atoms with E-state index in [-0.39, 0.29) is 18.4 Å². The van der Waals surface area contributed by atoms with E-state index in [1.54, 1.807) is 16.7 Å². The molecule has 0 spiro atoms. The second-order valence-electron chi connectivity index (χ2n) is 4.98. The lowest BCUT2D eigenvalue weighted by Crippen LogP contribution is -2.32. The van der Waals surface area contributed by atoms with Crippen LogP contribution in [0.3, 0.4) is 0 Å². The van der Waals surface area contributed by atoms with Crippen molar-refractivity contribution in [2.45, 2.75) is 23.8 Å². The van der Waals surface area contributed by atoms with E-state index >= 15 is 0 Å². The number of hydrogen-bond acceptors (Lipinski definition) is 3. The van der Waals surface area contributed by atoms with Gasteiger partial charge >= 0.3 is 5.97 Å². The number of fused-ring (bicyclic) bond motifs is 1. The lowest BCUT2D eigenvalue weighted by molar-refractivity contribution is -0.141. The number of carbonyl (C=O) groups is 2. The van der Waals surface area contributed by atoms with E-state index in [1.807, 2.05) is 18.2 Å². The van der Waals surface area contributed by atoms with Gasteiger partial charge in [-0.05, 0) is 18.1 Å². The average Bonchev–Trinajstić information content (AvgIpc) is 2.80. The summed E-state index contributed by atoms with van der Waals surface area (Å²) in [6, 6.07) is 8.15. The van der Waals surface area contributed by atoms with E-state index in [2.05, 4.69) is 6.07 Å². The van der Waals surface area contributed by atoms with Crippen LogP contribution >= 0.6 is 11.8 Å². The molecular weight excluding hydrogens is 262 g/mol. The van der Waals surface area contributed by atoms with Gasteiger partial charge in [0, 0.05) is 23.6 Å². The molecular formula is C14H15NO3S. The summed E-state index contributed by atoms with van der Waals surface area (Å²) in [5, 5.41) is 9.06. The molecule has 1 aromatic carbocycles. The number of likely N-dealkylation sites (tertiary alicyclic amines) is 1. The fourth-order valence-electron chi connectivity index (χ4n) is 2.85. The van der Waals surface area contributed by atoms with E-state index in [1.165, 1.54) is 4.90 Å². The summed E-state index contributed by atoms with van der Waals surface area (Å²) in [4.78, 5) is 26.1. The van der Waals surface area contributed by atoms with Gasteiger partial charge in [0.25, 0.3) is 0 Å². The number of amides is 1. The summed E-state index contributed by atoms with van der Waals surface area (Å²) in [7, 11) is 0. The molecule has 4 nitrogen and oxygen atoms in total. The Labute approximate surface area is 115 Å². The molecule has 0 saturated carbocycles. The van der Waals surface area contributed by atoms with Crippen LogP contribution in [0, 0.1) is 5.92 Å². The first kappa shape index (κ1) is 12.5. The summed E-state index contributed by atoms with van der Waals surface area (Å²) in [5.41, 5.74) is 1.16. The number of aliphatic carboxylic acids is 1. The Balaban J connectivity index is 1.88. The first-order valence-electron chi connectivity index (χ1n) is 6.41. The smallest absolute Gasteiger partial charge is 0.308 e. The van der Waals surface area contributed by atoms with Crippen LogP contribution in [0.25, 0.3) is 0 Å². The molecule has 5 heteroatoms. The normalized spacial score (nSPS) is 26.3. The van der Waals surface area contributed by atoms with Gasteiger partial charge in [-0.3, -0.25) is 9.59 Å². The van der Waals surface area contributed by atoms with Crippen molar-refractivity contribution in [1.82, 2.24) is 4.90 Å². The van der Waals surface area contributed by atoms with Crippen LogP contribution in [-0.2, 0) is 9.59 Å². The van der Waals surface area contributed by atoms with Gasteiger partial charge in [0.2, 0.25) is 5.91 Å². The number of carboxylic acids is 1. The molecule has 0 aliphatic carbocycles. The highest BCUT2D eigenvalue weighted by atomic mass is 32.2. The SMILES string of the molecule is O=C(O)[C@@H]1CC(=O)N([C@@H]2CCSc3ccccc32)C1. The van der Waals surface area contributed by atoms with Crippen molar-refractivity contribution in [2.75, 3.05) is 12.3 Å². The Morgan fingerprint density at radius 1 is 1.37 bits per heavy atom. The topological polar surface area (TPSA) is 57.6 Å². The number of thioether (sulfide) groups is 1. The Morgan fingerprint density at radius 2 is 2.16 bits per heavy atom. The van der Waals surface area contributed by atoms with Crippen LogP contribution in [0.2, 0.25) is 0 Å². The second-order valence-corrected chi connectivity index (χ2v) is 6.11. The highest BCUT2D eigenvalue weighted by molar-refractivity contribution is 7.99. The monoisotopic (exact) mass is 277 g/mol. The lowest BCUT2D eigenvalue weighted by atomic mass is 10.0. The van der Waals surface area contributed by atoms with Gasteiger partial charge < -0.3 is 10.0 Å². The zero-order chi connectivity index (χ0) is 13.4. The van der Waals surface area contributed by atoms with Crippen molar-refractivity contribution in [3.63, 3.8) is 0 Å². The largest absolute Gasteiger partial charge is 0.481 e. The van der Waals surface area contributed by atoms with Crippen LogP contribution in [0.4, 0.5) is 0 Å². The molecule has 19 heavy (non-hydrogen) atoms. The molecule has 1 fully saturated rings. The minimum atomic E-state index is -0.866. The molecule has 2 atom stereocenters. The number of nitrogens with zero attached hydrogens (tertiary/aromatic N) is 1. The quantitative estimate of drug-likeness (QED) is 0.900. The van der Waals surface area contributed by atoms with Gasteiger partial charge in [0.1, 0.15) is 0 Å². The van der Waals surface area contributed by atoms with Crippen molar-refractivity contribution in [1.29, 1.82) is 0 Å². The second kappa shape index (κ2) is 4.89. The number of rotatable bonds is 2. The van der Waals surface area contributed by atoms with E-state index in [0.717, 1.165) is 17.7 Å². The van der Waals surface area contributed by atoms with Crippen LogP contribution < -0.4 is 0 Å². The van der Waals surface area contributed by atoms with Crippen LogP contribution in [0.1, 0.15) is 24.4 Å². The highest BCUT2D eigenvalue weighted by Crippen LogP contribution is 2.41. The average molecular weight is 277 g/mol. The number of carboxylic acid groups (broad SMARTS) is 1. The maximum Gasteiger partial charge on any atom is 0.308 e. The third kappa shape index (κ3) is 2.23. The number of benzene rings is 1. The molecule has 1 N–H and O–H groups in total. The van der Waals surface area contributed by atoms with Gasteiger partial charge in [-0.2, -0.15) is 0 Å². The molecule has 3 rings (SSSR count). The number of carbonyl (C=O) groups excluding carboxylic acids is 1. The van der Waals surface area contributed by atoms with Gasteiger partial charge in [-0.25, -0.2) is 0 Å². The summed E-state index contributed by atoms with van der Waals surface area (Å²) in [6.45, 7) is 0.345. The lowest BCUT2D eigenvalue weighted by Gasteiger charge is -2.32. The minimum Gasteiger partial charge on any atom is -0.481 e. The predicted octanol–water partition coefficient (Wildman–Crippen LogP) is 2.16. The Hall–Kier alpha value is -1.49. The van der Waals surface area contributed by atoms with Crippen LogP contribution in [0.5, 0.6) is 0 Å². The van der Waals surface area contributed by atoms with Crippen molar-refractivity contribution in [2.24, 2.45) is 5.92 Å².